The monoisotopic (exact) mass is 617 g/mol. The van der Waals surface area contributed by atoms with E-state index in [2.05, 4.69) is 178 Å². The van der Waals surface area contributed by atoms with Gasteiger partial charge in [0.15, 0.2) is 0 Å². The molecule has 0 N–H and O–H groups in total. The Hall–Kier alpha value is -5.40. The minimum absolute atomic E-state index is 0.0292. The SMILES string of the molecule is C=C/C(=C\C=C1\C=C(c2ccccc2)C=CC1)n1c2c(c3ccc4ccccc4c31)=CC1=CC=CC3C1(C)C=2c1ccccc1C3(C)C. The summed E-state index contributed by atoms with van der Waals surface area (Å²) < 4.78 is 2.54. The minimum Gasteiger partial charge on any atom is -0.308 e. The predicted octanol–water partition coefficient (Wildman–Crippen LogP) is 10.2. The number of nitrogens with zero attached hydrogens (tertiary/aromatic N) is 1. The highest BCUT2D eigenvalue weighted by Crippen LogP contribution is 2.61. The lowest BCUT2D eigenvalue weighted by atomic mass is 9.48. The number of hydrogen-bond acceptors (Lipinski definition) is 0. The molecule has 0 radical (unpaired) electrons. The van der Waals surface area contributed by atoms with Gasteiger partial charge >= 0.3 is 0 Å². The van der Waals surface area contributed by atoms with Crippen molar-refractivity contribution in [1.82, 2.24) is 4.57 Å². The first-order valence-electron chi connectivity index (χ1n) is 17.2. The molecule has 48 heavy (non-hydrogen) atoms. The standard InChI is InChI=1S/C47H39N/c1-5-36(27-25-31-15-13-19-34(29-31)32-16-7-6-8-17-32)48-44-37-21-10-9-18-33(37)26-28-38(44)40-30-35-20-14-24-42-46(2,3)41-23-12-11-22-39(41)43(45(40)48)47(35,42)4/h5-14,16-30,42H,1,15H2,2-4H3/b31-25+,36-27+. The Morgan fingerprint density at radius 3 is 2.50 bits per heavy atom. The maximum atomic E-state index is 4.44. The average molecular weight is 618 g/mol. The van der Waals surface area contributed by atoms with Crippen molar-refractivity contribution in [2.75, 3.05) is 0 Å². The van der Waals surface area contributed by atoms with Gasteiger partial charge in [-0.2, -0.15) is 0 Å². The summed E-state index contributed by atoms with van der Waals surface area (Å²) in [7, 11) is 0. The average Bonchev–Trinajstić information content (AvgIpc) is 3.44. The second-order valence-corrected chi connectivity index (χ2v) is 14.4. The molecule has 0 saturated heterocycles. The van der Waals surface area contributed by atoms with Crippen LogP contribution in [0.15, 0.2) is 163 Å². The summed E-state index contributed by atoms with van der Waals surface area (Å²) in [5.41, 5.74) is 11.5. The third-order valence-corrected chi connectivity index (χ3v) is 11.5. The van der Waals surface area contributed by atoms with E-state index < -0.39 is 0 Å². The Labute approximate surface area is 282 Å². The van der Waals surface area contributed by atoms with Crippen molar-refractivity contribution in [3.8, 4) is 0 Å². The summed E-state index contributed by atoms with van der Waals surface area (Å²) in [6, 6.07) is 33.2. The number of allylic oxidation sites excluding steroid dienone is 13. The lowest BCUT2D eigenvalue weighted by Gasteiger charge is -2.54. The highest BCUT2D eigenvalue weighted by Gasteiger charge is 2.54. The predicted molar refractivity (Wildman–Crippen MR) is 205 cm³/mol. The molecule has 0 bridgehead atoms. The molecule has 0 aliphatic heterocycles. The fourth-order valence-electron chi connectivity index (χ4n) is 9.22. The van der Waals surface area contributed by atoms with E-state index in [9.17, 15) is 0 Å². The molecule has 5 aromatic rings. The molecular weight excluding hydrogens is 579 g/mol. The fraction of sp³-hybridized carbons (Fsp3) is 0.149. The van der Waals surface area contributed by atoms with Crippen molar-refractivity contribution >= 4 is 44.6 Å². The number of rotatable bonds is 4. The molecular formula is C47H39N. The number of hydrogen-bond donors (Lipinski definition) is 0. The summed E-state index contributed by atoms with van der Waals surface area (Å²) in [6.07, 6.45) is 24.0. The molecule has 0 spiro atoms. The quantitative estimate of drug-likeness (QED) is 0.177. The highest BCUT2D eigenvalue weighted by atomic mass is 15.0. The second-order valence-electron chi connectivity index (χ2n) is 14.4. The number of benzene rings is 4. The maximum absolute atomic E-state index is 4.44. The Kier molecular flexibility index (Phi) is 6.33. The molecule has 9 rings (SSSR count). The third-order valence-electron chi connectivity index (χ3n) is 11.5. The summed E-state index contributed by atoms with van der Waals surface area (Å²) >= 11 is 0. The van der Waals surface area contributed by atoms with Crippen LogP contribution in [0, 0.1) is 11.3 Å². The smallest absolute Gasteiger partial charge is 0.0619 e. The lowest BCUT2D eigenvalue weighted by molar-refractivity contribution is 0.241. The van der Waals surface area contributed by atoms with Crippen LogP contribution in [-0.4, -0.2) is 4.57 Å². The summed E-state index contributed by atoms with van der Waals surface area (Å²) in [6.45, 7) is 11.8. The molecule has 232 valence electrons. The summed E-state index contributed by atoms with van der Waals surface area (Å²) in [5, 5.41) is 6.36. The molecule has 1 heteroatoms. The van der Waals surface area contributed by atoms with E-state index in [1.54, 1.807) is 0 Å². The van der Waals surface area contributed by atoms with Crippen molar-refractivity contribution in [3.05, 3.63) is 191 Å². The van der Waals surface area contributed by atoms with Crippen molar-refractivity contribution in [2.24, 2.45) is 11.3 Å². The molecule has 0 amide bonds. The largest absolute Gasteiger partial charge is 0.308 e. The number of fused-ring (bicyclic) bond motifs is 7. The zero-order chi connectivity index (χ0) is 32.6. The van der Waals surface area contributed by atoms with Gasteiger partial charge < -0.3 is 4.57 Å². The first-order valence-corrected chi connectivity index (χ1v) is 17.2. The molecule has 2 unspecified atom stereocenters. The van der Waals surface area contributed by atoms with E-state index >= 15 is 0 Å². The first-order chi connectivity index (χ1) is 23.4. The van der Waals surface area contributed by atoms with E-state index in [0.29, 0.717) is 5.92 Å². The van der Waals surface area contributed by atoms with Crippen molar-refractivity contribution < 1.29 is 0 Å². The molecule has 1 nitrogen and oxygen atoms in total. The van der Waals surface area contributed by atoms with Crippen molar-refractivity contribution in [2.45, 2.75) is 32.6 Å². The van der Waals surface area contributed by atoms with Gasteiger partial charge in [0.1, 0.15) is 0 Å². The fourth-order valence-corrected chi connectivity index (χ4v) is 9.22. The van der Waals surface area contributed by atoms with Crippen LogP contribution < -0.4 is 10.6 Å². The molecule has 0 fully saturated rings. The molecule has 4 aliphatic carbocycles. The van der Waals surface area contributed by atoms with Crippen molar-refractivity contribution in [3.63, 3.8) is 0 Å². The molecule has 2 atom stereocenters. The van der Waals surface area contributed by atoms with Gasteiger partial charge in [-0.1, -0.05) is 161 Å². The molecule has 0 saturated carbocycles. The Morgan fingerprint density at radius 2 is 1.65 bits per heavy atom. The van der Waals surface area contributed by atoms with Crippen molar-refractivity contribution in [1.29, 1.82) is 0 Å². The molecule has 4 aromatic carbocycles. The zero-order valence-electron chi connectivity index (χ0n) is 27.9. The topological polar surface area (TPSA) is 4.93 Å². The van der Waals surface area contributed by atoms with Crippen LogP contribution in [0.3, 0.4) is 0 Å². The van der Waals surface area contributed by atoms with Crippen LogP contribution in [-0.2, 0) is 5.41 Å². The van der Waals surface area contributed by atoms with Crippen LogP contribution in [0.5, 0.6) is 0 Å². The van der Waals surface area contributed by atoms with Gasteiger partial charge in [0.25, 0.3) is 0 Å². The summed E-state index contributed by atoms with van der Waals surface area (Å²) in [5.74, 6) is 0.316. The van der Waals surface area contributed by atoms with Gasteiger partial charge in [-0.25, -0.2) is 0 Å². The van der Waals surface area contributed by atoms with E-state index in [1.807, 2.05) is 6.08 Å². The zero-order valence-corrected chi connectivity index (χ0v) is 27.9. The van der Waals surface area contributed by atoms with Gasteiger partial charge in [-0.3, -0.25) is 0 Å². The maximum Gasteiger partial charge on any atom is 0.0619 e. The highest BCUT2D eigenvalue weighted by molar-refractivity contribution is 6.09. The molecule has 4 aliphatic rings. The van der Waals surface area contributed by atoms with Gasteiger partial charge in [0.05, 0.1) is 10.9 Å². The van der Waals surface area contributed by atoms with Gasteiger partial charge in [-0.15, -0.1) is 0 Å². The van der Waals surface area contributed by atoms with Gasteiger partial charge in [-0.05, 0) is 80.4 Å². The minimum atomic E-state index is -0.187. The molecule has 1 aromatic heterocycles. The van der Waals surface area contributed by atoms with E-state index in [0.717, 1.165) is 12.1 Å². The molecule has 1 heterocycles. The number of aromatic nitrogens is 1. The van der Waals surface area contributed by atoms with Gasteiger partial charge in [0, 0.05) is 27.1 Å². The van der Waals surface area contributed by atoms with Crippen LogP contribution in [0.1, 0.15) is 43.9 Å². The Bertz CT molecular complexity index is 2520. The summed E-state index contributed by atoms with van der Waals surface area (Å²) in [4.78, 5) is 0. The first kappa shape index (κ1) is 28.8. The van der Waals surface area contributed by atoms with Crippen LogP contribution in [0.4, 0.5) is 0 Å². The van der Waals surface area contributed by atoms with Gasteiger partial charge in [0.2, 0.25) is 0 Å². The van der Waals surface area contributed by atoms with Crippen LogP contribution in [0.2, 0.25) is 0 Å². The van der Waals surface area contributed by atoms with Crippen LogP contribution >= 0.6 is 0 Å². The Morgan fingerprint density at radius 1 is 0.854 bits per heavy atom. The van der Waals surface area contributed by atoms with E-state index in [4.69, 9.17) is 0 Å². The third kappa shape index (κ3) is 3.97. The second kappa shape index (κ2) is 10.6. The van der Waals surface area contributed by atoms with Crippen LogP contribution in [0.25, 0.3) is 44.6 Å². The van der Waals surface area contributed by atoms with E-state index in [-0.39, 0.29) is 10.8 Å². The Balaban J connectivity index is 1.41. The lowest BCUT2D eigenvalue weighted by Crippen LogP contribution is -2.53. The normalized spacial score (nSPS) is 22.9. The van der Waals surface area contributed by atoms with E-state index in [1.165, 1.54) is 71.2 Å².